The van der Waals surface area contributed by atoms with E-state index in [1.54, 1.807) is 0 Å². The first-order valence-electron chi connectivity index (χ1n) is 10.3. The summed E-state index contributed by atoms with van der Waals surface area (Å²) in [5, 5.41) is 10.8. The van der Waals surface area contributed by atoms with Crippen molar-refractivity contribution < 1.29 is 27.8 Å². The highest BCUT2D eigenvalue weighted by Gasteiger charge is 2.34. The molecule has 1 aromatic heterocycles. The summed E-state index contributed by atoms with van der Waals surface area (Å²) in [5.74, 6) is -1.35. The Balaban J connectivity index is 1.29. The lowest BCUT2D eigenvalue weighted by Crippen LogP contribution is -2.44. The molecule has 1 aliphatic heterocycles. The molecule has 1 N–H and O–H groups in total. The second-order valence-electron chi connectivity index (χ2n) is 8.31. The summed E-state index contributed by atoms with van der Waals surface area (Å²) in [5.41, 5.74) is 1.20. The van der Waals surface area contributed by atoms with Crippen molar-refractivity contribution >= 4 is 11.7 Å². The van der Waals surface area contributed by atoms with Gasteiger partial charge in [-0.05, 0) is 35.4 Å². The minimum Gasteiger partial charge on any atom is -0.493 e. The van der Waals surface area contributed by atoms with Gasteiger partial charge in [0.2, 0.25) is 5.91 Å². The van der Waals surface area contributed by atoms with Gasteiger partial charge in [-0.3, -0.25) is 4.79 Å². The van der Waals surface area contributed by atoms with Crippen LogP contribution in [0, 0.1) is 17.0 Å². The van der Waals surface area contributed by atoms with E-state index < -0.39 is 17.4 Å². The molecule has 0 aliphatic carbocycles. The molecule has 1 amide bonds. The molecule has 0 bridgehead atoms. The third-order valence-corrected chi connectivity index (χ3v) is 5.17. The number of benzene rings is 2. The molecule has 1 fully saturated rings. The molecule has 33 heavy (non-hydrogen) atoms. The predicted octanol–water partition coefficient (Wildman–Crippen LogP) is 3.21. The number of carbonyl (C=O) groups excluding carboxylic acids is 1. The summed E-state index contributed by atoms with van der Waals surface area (Å²) in [7, 11) is 1.19. The monoisotopic (exact) mass is 458 g/mol. The smallest absolute Gasteiger partial charge is 0.230 e. The van der Waals surface area contributed by atoms with Crippen LogP contribution in [-0.2, 0) is 22.5 Å². The topological polar surface area (TPSA) is 87.5 Å². The van der Waals surface area contributed by atoms with Crippen molar-refractivity contribution in [3.8, 4) is 11.5 Å². The van der Waals surface area contributed by atoms with Crippen LogP contribution in [-0.4, -0.2) is 47.8 Å². The maximum Gasteiger partial charge on any atom is 0.230 e. The SMILES string of the molecule is COc1c(F)cc(Cn2ncc(NC(=O)Cc3ccc(OCC4(C)COC4)cc3)n2)cc1F. The second kappa shape index (κ2) is 9.53. The zero-order valence-electron chi connectivity index (χ0n) is 18.3. The van der Waals surface area contributed by atoms with Crippen LogP contribution in [0.25, 0.3) is 0 Å². The number of amides is 1. The van der Waals surface area contributed by atoms with Gasteiger partial charge in [0.1, 0.15) is 5.75 Å². The second-order valence-corrected chi connectivity index (χ2v) is 8.31. The van der Waals surface area contributed by atoms with Crippen molar-refractivity contribution in [2.24, 2.45) is 5.41 Å². The maximum atomic E-state index is 13.9. The summed E-state index contributed by atoms with van der Waals surface area (Å²) >= 11 is 0. The van der Waals surface area contributed by atoms with Crippen LogP contribution >= 0.6 is 0 Å². The lowest BCUT2D eigenvalue weighted by Gasteiger charge is -2.37. The zero-order chi connectivity index (χ0) is 23.4. The van der Waals surface area contributed by atoms with Gasteiger partial charge in [0.25, 0.3) is 0 Å². The number of hydrogen-bond donors (Lipinski definition) is 1. The first-order chi connectivity index (χ1) is 15.8. The Morgan fingerprint density at radius 3 is 2.48 bits per heavy atom. The summed E-state index contributed by atoms with van der Waals surface area (Å²) in [4.78, 5) is 13.6. The van der Waals surface area contributed by atoms with Crippen LogP contribution in [0.1, 0.15) is 18.1 Å². The minimum atomic E-state index is -0.809. The molecule has 2 heterocycles. The summed E-state index contributed by atoms with van der Waals surface area (Å²) in [6.07, 6.45) is 1.52. The van der Waals surface area contributed by atoms with E-state index in [4.69, 9.17) is 9.47 Å². The van der Waals surface area contributed by atoms with Gasteiger partial charge in [-0.15, -0.1) is 5.10 Å². The van der Waals surface area contributed by atoms with Crippen LogP contribution in [0.4, 0.5) is 14.6 Å². The average molecular weight is 458 g/mol. The molecule has 8 nitrogen and oxygen atoms in total. The molecule has 174 valence electrons. The van der Waals surface area contributed by atoms with Crippen LogP contribution in [0.15, 0.2) is 42.6 Å². The fourth-order valence-corrected chi connectivity index (χ4v) is 3.36. The lowest BCUT2D eigenvalue weighted by molar-refractivity contribution is -0.120. The highest BCUT2D eigenvalue weighted by molar-refractivity contribution is 5.91. The summed E-state index contributed by atoms with van der Waals surface area (Å²) in [6, 6.07) is 9.62. The van der Waals surface area contributed by atoms with Gasteiger partial charge in [-0.2, -0.15) is 9.90 Å². The number of nitrogens with zero attached hydrogens (tertiary/aromatic N) is 3. The van der Waals surface area contributed by atoms with E-state index in [0.29, 0.717) is 25.4 Å². The van der Waals surface area contributed by atoms with Gasteiger partial charge in [0.05, 0.1) is 46.1 Å². The Hall–Kier alpha value is -3.53. The van der Waals surface area contributed by atoms with Crippen LogP contribution < -0.4 is 14.8 Å². The van der Waals surface area contributed by atoms with Crippen molar-refractivity contribution in [2.45, 2.75) is 19.9 Å². The molecule has 4 rings (SSSR count). The number of rotatable bonds is 9. The van der Waals surface area contributed by atoms with Crippen LogP contribution in [0.5, 0.6) is 11.5 Å². The maximum absolute atomic E-state index is 13.9. The normalized spacial score (nSPS) is 14.4. The largest absolute Gasteiger partial charge is 0.493 e. The Labute approximate surface area is 189 Å². The Morgan fingerprint density at radius 1 is 1.18 bits per heavy atom. The number of halogens is 2. The molecule has 0 spiro atoms. The third-order valence-electron chi connectivity index (χ3n) is 5.17. The third kappa shape index (κ3) is 5.64. The fraction of sp³-hybridized carbons (Fsp3) is 0.348. The molecule has 10 heteroatoms. The van der Waals surface area contributed by atoms with Gasteiger partial charge in [-0.1, -0.05) is 19.1 Å². The first-order valence-corrected chi connectivity index (χ1v) is 10.3. The molecule has 3 aromatic rings. The van der Waals surface area contributed by atoms with E-state index in [1.165, 1.54) is 18.1 Å². The predicted molar refractivity (Wildman–Crippen MR) is 115 cm³/mol. The van der Waals surface area contributed by atoms with E-state index in [0.717, 1.165) is 23.4 Å². The number of aromatic nitrogens is 3. The van der Waals surface area contributed by atoms with Gasteiger partial charge in [0.15, 0.2) is 23.2 Å². The highest BCUT2D eigenvalue weighted by atomic mass is 19.1. The quantitative estimate of drug-likeness (QED) is 0.530. The number of carbonyl (C=O) groups is 1. The first kappa shape index (κ1) is 22.7. The van der Waals surface area contributed by atoms with Gasteiger partial charge in [0, 0.05) is 5.41 Å². The average Bonchev–Trinajstić information content (AvgIpc) is 3.18. The summed E-state index contributed by atoms with van der Waals surface area (Å²) in [6.45, 7) is 4.12. The van der Waals surface area contributed by atoms with Gasteiger partial charge in [-0.25, -0.2) is 8.78 Å². The van der Waals surface area contributed by atoms with E-state index in [-0.39, 0.29) is 30.1 Å². The number of anilines is 1. The van der Waals surface area contributed by atoms with Crippen molar-refractivity contribution in [1.29, 1.82) is 0 Å². The highest BCUT2D eigenvalue weighted by Crippen LogP contribution is 2.27. The van der Waals surface area contributed by atoms with E-state index in [1.807, 2.05) is 24.3 Å². The van der Waals surface area contributed by atoms with Crippen molar-refractivity contribution in [3.63, 3.8) is 0 Å². The molecule has 0 radical (unpaired) electrons. The molecule has 1 saturated heterocycles. The standard InChI is InChI=1S/C23H24F2N4O4/c1-23(12-32-13-23)14-33-17-5-3-15(4-6-17)9-21(30)27-20-10-26-29(28-20)11-16-7-18(24)22(31-2)19(25)8-16/h3-8,10H,9,11-14H2,1-2H3,(H,27,28,30). The number of methoxy groups -OCH3 is 1. The van der Waals surface area contributed by atoms with Crippen LogP contribution in [0.2, 0.25) is 0 Å². The number of hydrogen-bond acceptors (Lipinski definition) is 6. The van der Waals surface area contributed by atoms with E-state index in [9.17, 15) is 13.6 Å². The number of nitrogens with one attached hydrogen (secondary N) is 1. The molecule has 1 aliphatic rings. The zero-order valence-corrected chi connectivity index (χ0v) is 18.3. The van der Waals surface area contributed by atoms with E-state index >= 15 is 0 Å². The fourth-order valence-electron chi connectivity index (χ4n) is 3.36. The molecule has 2 aromatic carbocycles. The van der Waals surface area contributed by atoms with Crippen LogP contribution in [0.3, 0.4) is 0 Å². The Bertz CT molecular complexity index is 1110. The number of ether oxygens (including phenoxy) is 3. The minimum absolute atomic E-state index is 0.0281. The molecule has 0 unspecified atom stereocenters. The Kier molecular flexibility index (Phi) is 6.55. The van der Waals surface area contributed by atoms with Crippen molar-refractivity contribution in [3.05, 3.63) is 65.4 Å². The summed E-state index contributed by atoms with van der Waals surface area (Å²) < 4.78 is 43.4. The van der Waals surface area contributed by atoms with Gasteiger partial charge < -0.3 is 19.5 Å². The van der Waals surface area contributed by atoms with E-state index in [2.05, 4.69) is 27.2 Å². The van der Waals surface area contributed by atoms with Crippen molar-refractivity contribution in [1.82, 2.24) is 15.0 Å². The van der Waals surface area contributed by atoms with Crippen molar-refractivity contribution in [2.75, 3.05) is 32.2 Å². The lowest BCUT2D eigenvalue weighted by atomic mass is 9.90. The van der Waals surface area contributed by atoms with Gasteiger partial charge >= 0.3 is 0 Å². The molecule has 0 saturated carbocycles. The molecular weight excluding hydrogens is 434 g/mol. The Morgan fingerprint density at radius 2 is 1.88 bits per heavy atom. The molecule has 0 atom stereocenters. The molecular formula is C23H24F2N4O4.